The Morgan fingerprint density at radius 1 is 1.08 bits per heavy atom. The summed E-state index contributed by atoms with van der Waals surface area (Å²) < 4.78 is 30.7. The summed E-state index contributed by atoms with van der Waals surface area (Å²) in [7, 11) is 1.71. The summed E-state index contributed by atoms with van der Waals surface area (Å²) in [5.74, 6) is 0.689. The van der Waals surface area contributed by atoms with Crippen LogP contribution in [-0.2, 0) is 17.8 Å². The fourth-order valence-corrected chi connectivity index (χ4v) is 4.86. The summed E-state index contributed by atoms with van der Waals surface area (Å²) in [6.07, 6.45) is 3.47. The van der Waals surface area contributed by atoms with Crippen LogP contribution in [0.1, 0.15) is 52.4 Å². The van der Waals surface area contributed by atoms with Crippen LogP contribution in [0.25, 0.3) is 0 Å². The maximum absolute atomic E-state index is 13.8. The normalized spacial score (nSPS) is 15.6. The Balaban J connectivity index is 1.44. The first kappa shape index (κ1) is 25.3. The van der Waals surface area contributed by atoms with E-state index in [2.05, 4.69) is 0 Å². The van der Waals surface area contributed by atoms with Crippen LogP contribution in [0.4, 0.5) is 4.39 Å². The molecule has 2 amide bonds. The van der Waals surface area contributed by atoms with Crippen molar-refractivity contribution >= 4 is 11.8 Å². The van der Waals surface area contributed by atoms with Crippen LogP contribution in [0.3, 0.4) is 0 Å². The molecule has 7 nitrogen and oxygen atoms in total. The van der Waals surface area contributed by atoms with E-state index in [1.165, 1.54) is 18.4 Å². The zero-order valence-electron chi connectivity index (χ0n) is 21.3. The monoisotopic (exact) mass is 516 g/mol. The van der Waals surface area contributed by atoms with Gasteiger partial charge in [0, 0.05) is 13.6 Å². The van der Waals surface area contributed by atoms with Crippen LogP contribution >= 0.6 is 0 Å². The molecular formula is C30H29FN2O5. The summed E-state index contributed by atoms with van der Waals surface area (Å²) in [4.78, 5) is 29.9. The van der Waals surface area contributed by atoms with Crippen LogP contribution in [0.5, 0.6) is 5.75 Å². The summed E-state index contributed by atoms with van der Waals surface area (Å²) >= 11 is 0. The van der Waals surface area contributed by atoms with Gasteiger partial charge in [0.25, 0.3) is 11.8 Å². The lowest BCUT2D eigenvalue weighted by molar-refractivity contribution is -0.138. The first-order valence-corrected chi connectivity index (χ1v) is 12.6. The van der Waals surface area contributed by atoms with Gasteiger partial charge in [-0.25, -0.2) is 4.39 Å². The molecule has 5 rings (SSSR count). The molecule has 2 unspecified atom stereocenters. The largest absolute Gasteiger partial charge is 0.481 e. The van der Waals surface area contributed by atoms with Crippen molar-refractivity contribution in [3.05, 3.63) is 113 Å². The third kappa shape index (κ3) is 5.20. The van der Waals surface area contributed by atoms with Crippen molar-refractivity contribution in [3.8, 4) is 5.75 Å². The minimum atomic E-state index is -0.693. The average Bonchev–Trinajstić information content (AvgIpc) is 3.66. The van der Waals surface area contributed by atoms with E-state index in [1.54, 1.807) is 53.4 Å². The van der Waals surface area contributed by atoms with Crippen LogP contribution < -0.4 is 4.74 Å². The van der Waals surface area contributed by atoms with E-state index in [-0.39, 0.29) is 23.4 Å². The van der Waals surface area contributed by atoms with Gasteiger partial charge in [-0.1, -0.05) is 25.1 Å². The number of nitrogens with zero attached hydrogens (tertiary/aromatic N) is 2. The molecular weight excluding hydrogens is 487 g/mol. The fourth-order valence-electron chi connectivity index (χ4n) is 4.86. The zero-order valence-corrected chi connectivity index (χ0v) is 21.3. The number of fused-ring (bicyclic) bond motifs is 1. The van der Waals surface area contributed by atoms with E-state index in [0.29, 0.717) is 37.4 Å². The number of furan rings is 2. The molecule has 0 radical (unpaired) electrons. The van der Waals surface area contributed by atoms with E-state index >= 15 is 0 Å². The van der Waals surface area contributed by atoms with Crippen molar-refractivity contribution in [2.75, 3.05) is 13.6 Å². The van der Waals surface area contributed by atoms with E-state index < -0.39 is 12.1 Å². The third-order valence-electron chi connectivity index (χ3n) is 6.80. The predicted octanol–water partition coefficient (Wildman–Crippen LogP) is 5.62. The molecule has 1 aliphatic heterocycles. The Labute approximate surface area is 220 Å². The molecule has 38 heavy (non-hydrogen) atoms. The van der Waals surface area contributed by atoms with Crippen molar-refractivity contribution in [1.82, 2.24) is 9.80 Å². The molecule has 0 saturated carbocycles. The molecule has 0 aliphatic carbocycles. The Bertz CT molecular complexity index is 1380. The summed E-state index contributed by atoms with van der Waals surface area (Å²) in [6, 6.07) is 18.3. The van der Waals surface area contributed by atoms with Gasteiger partial charge in [-0.3, -0.25) is 9.59 Å². The quantitative estimate of drug-likeness (QED) is 0.304. The highest BCUT2D eigenvalue weighted by atomic mass is 19.1. The lowest BCUT2D eigenvalue weighted by atomic mass is 9.87. The van der Waals surface area contributed by atoms with E-state index in [4.69, 9.17) is 13.6 Å². The minimum absolute atomic E-state index is 0.161. The number of ether oxygens (including phenoxy) is 1. The third-order valence-corrected chi connectivity index (χ3v) is 6.80. The van der Waals surface area contributed by atoms with Crippen molar-refractivity contribution in [2.45, 2.75) is 38.5 Å². The molecule has 4 aromatic rings. The van der Waals surface area contributed by atoms with E-state index in [9.17, 15) is 14.0 Å². The van der Waals surface area contributed by atoms with Gasteiger partial charge >= 0.3 is 0 Å². The van der Waals surface area contributed by atoms with E-state index in [0.717, 1.165) is 16.7 Å². The molecule has 2 atom stereocenters. The number of rotatable bonds is 8. The van der Waals surface area contributed by atoms with Crippen LogP contribution in [0.15, 0.2) is 88.1 Å². The summed E-state index contributed by atoms with van der Waals surface area (Å²) in [5.41, 5.74) is 2.70. The predicted molar refractivity (Wildman–Crippen MR) is 138 cm³/mol. The van der Waals surface area contributed by atoms with Crippen LogP contribution in [0, 0.1) is 5.82 Å². The van der Waals surface area contributed by atoms with Gasteiger partial charge in [-0.05, 0) is 78.1 Å². The van der Waals surface area contributed by atoms with Crippen molar-refractivity contribution in [2.24, 2.45) is 0 Å². The Morgan fingerprint density at radius 3 is 2.53 bits per heavy atom. The fraction of sp³-hybridized carbons (Fsp3) is 0.267. The van der Waals surface area contributed by atoms with Gasteiger partial charge in [-0.2, -0.15) is 0 Å². The molecule has 0 spiro atoms. The highest BCUT2D eigenvalue weighted by molar-refractivity contribution is 5.92. The lowest BCUT2D eigenvalue weighted by Crippen LogP contribution is -2.41. The van der Waals surface area contributed by atoms with Crippen LogP contribution in [-0.4, -0.2) is 41.3 Å². The second-order valence-electron chi connectivity index (χ2n) is 9.33. The molecule has 0 fully saturated rings. The van der Waals surface area contributed by atoms with Gasteiger partial charge in [0.2, 0.25) is 0 Å². The maximum Gasteiger partial charge on any atom is 0.290 e. The first-order valence-electron chi connectivity index (χ1n) is 12.6. The molecule has 0 saturated heterocycles. The molecule has 8 heteroatoms. The number of halogens is 1. The van der Waals surface area contributed by atoms with Gasteiger partial charge in [0.05, 0.1) is 25.1 Å². The molecule has 2 aromatic heterocycles. The molecule has 3 heterocycles. The zero-order chi connectivity index (χ0) is 26.6. The number of hydrogen-bond acceptors (Lipinski definition) is 5. The van der Waals surface area contributed by atoms with Gasteiger partial charge in [0.15, 0.2) is 11.9 Å². The number of carbonyl (C=O) groups excluding carboxylic acids is 2. The Hall–Kier alpha value is -4.33. The second kappa shape index (κ2) is 11.0. The number of likely N-dealkylation sites (N-methyl/N-ethyl adjacent to an activating group) is 1. The number of hydrogen-bond donors (Lipinski definition) is 0. The second-order valence-corrected chi connectivity index (χ2v) is 9.33. The number of benzene rings is 2. The van der Waals surface area contributed by atoms with Gasteiger partial charge < -0.3 is 23.4 Å². The highest BCUT2D eigenvalue weighted by Gasteiger charge is 2.34. The highest BCUT2D eigenvalue weighted by Crippen LogP contribution is 2.38. The standard InChI is InChI=1S/C30H29FN2O5/c1-3-26(29(34)32(2)19-24-6-4-16-36-24)38-23-13-10-20-14-15-33(30(35)27-7-5-17-37-27)28(25(20)18-23)21-8-11-22(31)12-9-21/h4-13,16-18,26,28H,3,14-15,19H2,1-2H3. The summed E-state index contributed by atoms with van der Waals surface area (Å²) in [6.45, 7) is 2.71. The summed E-state index contributed by atoms with van der Waals surface area (Å²) in [5, 5.41) is 0. The van der Waals surface area contributed by atoms with Crippen LogP contribution in [0.2, 0.25) is 0 Å². The maximum atomic E-state index is 13.8. The van der Waals surface area contributed by atoms with Gasteiger partial charge in [-0.15, -0.1) is 0 Å². The van der Waals surface area contributed by atoms with E-state index in [1.807, 2.05) is 31.2 Å². The smallest absolute Gasteiger partial charge is 0.290 e. The molecule has 0 N–H and O–H groups in total. The number of amides is 2. The minimum Gasteiger partial charge on any atom is -0.481 e. The molecule has 0 bridgehead atoms. The Morgan fingerprint density at radius 2 is 1.84 bits per heavy atom. The molecule has 1 aliphatic rings. The molecule has 196 valence electrons. The van der Waals surface area contributed by atoms with Crippen molar-refractivity contribution in [3.63, 3.8) is 0 Å². The Kier molecular flexibility index (Phi) is 7.31. The average molecular weight is 517 g/mol. The van der Waals surface area contributed by atoms with Crippen molar-refractivity contribution < 1.29 is 27.6 Å². The first-order chi connectivity index (χ1) is 18.4. The lowest BCUT2D eigenvalue weighted by Gasteiger charge is -2.37. The number of carbonyl (C=O) groups is 2. The van der Waals surface area contributed by atoms with Gasteiger partial charge in [0.1, 0.15) is 17.3 Å². The van der Waals surface area contributed by atoms with Crippen molar-refractivity contribution in [1.29, 1.82) is 0 Å². The SMILES string of the molecule is CCC(Oc1ccc2c(c1)C(c1ccc(F)cc1)N(C(=O)c1ccco1)CC2)C(=O)N(C)Cc1ccco1. The molecule has 2 aromatic carbocycles. The topological polar surface area (TPSA) is 76.1 Å².